The predicted molar refractivity (Wildman–Crippen MR) is 99.3 cm³/mol. The maximum atomic E-state index is 12.5. The van der Waals surface area contributed by atoms with Crippen LogP contribution in [0.1, 0.15) is 46.6 Å². The third kappa shape index (κ3) is 3.72. The van der Waals surface area contributed by atoms with Crippen LogP contribution in [0.3, 0.4) is 0 Å². The molecule has 1 aliphatic heterocycles. The summed E-state index contributed by atoms with van der Waals surface area (Å²) in [6.45, 7) is 5.44. The number of aryl methyl sites for hydroxylation is 2. The van der Waals surface area contributed by atoms with Gasteiger partial charge in [0.05, 0.1) is 5.54 Å². The number of rotatable bonds is 4. The maximum absolute atomic E-state index is 12.5. The van der Waals surface area contributed by atoms with E-state index in [1.165, 1.54) is 11.8 Å². The van der Waals surface area contributed by atoms with E-state index in [2.05, 4.69) is 15.0 Å². The SMILES string of the molecule is Cc1nc(C(=O)Cc2cnc(Cl)c([C@]3(C)CCSC(N)=N3)c2)c(C)o1. The minimum Gasteiger partial charge on any atom is -0.446 e. The van der Waals surface area contributed by atoms with Crippen LogP contribution in [0.15, 0.2) is 21.7 Å². The molecule has 132 valence electrons. The molecule has 3 heterocycles. The van der Waals surface area contributed by atoms with Gasteiger partial charge in [0.1, 0.15) is 16.6 Å². The van der Waals surface area contributed by atoms with E-state index in [0.717, 1.165) is 23.3 Å². The number of thioether (sulfide) groups is 1. The van der Waals surface area contributed by atoms with Gasteiger partial charge in [-0.3, -0.25) is 9.79 Å². The van der Waals surface area contributed by atoms with Crippen molar-refractivity contribution in [2.75, 3.05) is 5.75 Å². The first kappa shape index (κ1) is 17.9. The van der Waals surface area contributed by atoms with Crippen LogP contribution >= 0.6 is 23.4 Å². The highest BCUT2D eigenvalue weighted by Gasteiger charge is 2.32. The molecule has 0 fully saturated rings. The number of amidine groups is 1. The van der Waals surface area contributed by atoms with Crippen molar-refractivity contribution in [3.8, 4) is 0 Å². The minimum atomic E-state index is -0.529. The standard InChI is InChI=1S/C17H19ClN4O2S/c1-9-14(21-10(2)24-9)13(23)7-11-6-12(15(18)20-8-11)17(3)4-5-25-16(19)22-17/h6,8H,4-5,7H2,1-3H3,(H2,19,22)/t17-/m0/s1. The van der Waals surface area contributed by atoms with Crippen molar-refractivity contribution in [3.63, 3.8) is 0 Å². The van der Waals surface area contributed by atoms with Crippen molar-refractivity contribution in [3.05, 3.63) is 45.9 Å². The van der Waals surface area contributed by atoms with Crippen molar-refractivity contribution in [1.82, 2.24) is 9.97 Å². The molecule has 1 atom stereocenters. The van der Waals surface area contributed by atoms with Crippen molar-refractivity contribution in [1.29, 1.82) is 0 Å². The largest absolute Gasteiger partial charge is 0.446 e. The molecule has 8 heteroatoms. The molecule has 25 heavy (non-hydrogen) atoms. The Morgan fingerprint density at radius 3 is 2.88 bits per heavy atom. The Balaban J connectivity index is 1.91. The zero-order valence-corrected chi connectivity index (χ0v) is 15.9. The van der Waals surface area contributed by atoms with Gasteiger partial charge in [-0.05, 0) is 31.9 Å². The molecule has 0 aliphatic carbocycles. The average molecular weight is 379 g/mol. The topological polar surface area (TPSA) is 94.4 Å². The molecule has 0 spiro atoms. The lowest BCUT2D eigenvalue weighted by molar-refractivity contribution is 0.0987. The molecule has 6 nitrogen and oxygen atoms in total. The Labute approximate surface area is 155 Å². The van der Waals surface area contributed by atoms with E-state index in [9.17, 15) is 4.79 Å². The number of aliphatic imine (C=N–C) groups is 1. The first-order chi connectivity index (χ1) is 11.8. The van der Waals surface area contributed by atoms with Crippen LogP contribution in [0.25, 0.3) is 0 Å². The van der Waals surface area contributed by atoms with Gasteiger partial charge >= 0.3 is 0 Å². The fourth-order valence-electron chi connectivity index (χ4n) is 2.90. The second kappa shape index (κ2) is 6.80. The van der Waals surface area contributed by atoms with Crippen molar-refractivity contribution < 1.29 is 9.21 Å². The van der Waals surface area contributed by atoms with Crippen LogP contribution in [0.4, 0.5) is 0 Å². The van der Waals surface area contributed by atoms with Gasteiger partial charge in [0.15, 0.2) is 16.8 Å². The molecule has 2 N–H and O–H groups in total. The van der Waals surface area contributed by atoms with E-state index >= 15 is 0 Å². The van der Waals surface area contributed by atoms with Gasteiger partial charge in [0, 0.05) is 30.9 Å². The number of nitrogens with two attached hydrogens (primary N) is 1. The third-order valence-electron chi connectivity index (χ3n) is 4.20. The molecule has 0 radical (unpaired) electrons. The Morgan fingerprint density at radius 1 is 1.48 bits per heavy atom. The van der Waals surface area contributed by atoms with E-state index in [-0.39, 0.29) is 12.2 Å². The molecule has 0 aromatic carbocycles. The number of carbonyl (C=O) groups excluding carboxylic acids is 1. The summed E-state index contributed by atoms with van der Waals surface area (Å²) in [7, 11) is 0. The number of hydrogen-bond acceptors (Lipinski definition) is 7. The van der Waals surface area contributed by atoms with Gasteiger partial charge < -0.3 is 10.2 Å². The second-order valence-electron chi connectivity index (χ2n) is 6.24. The molecule has 2 aromatic rings. The molecular formula is C17H19ClN4O2S. The zero-order valence-electron chi connectivity index (χ0n) is 14.3. The lowest BCUT2D eigenvalue weighted by Crippen LogP contribution is -2.29. The number of aromatic nitrogens is 2. The molecule has 1 aliphatic rings. The highest BCUT2D eigenvalue weighted by Crippen LogP contribution is 2.38. The van der Waals surface area contributed by atoms with E-state index in [4.69, 9.17) is 21.8 Å². The second-order valence-corrected chi connectivity index (χ2v) is 7.72. The molecule has 2 aromatic heterocycles. The van der Waals surface area contributed by atoms with Crippen LogP contribution in [0.5, 0.6) is 0 Å². The highest BCUT2D eigenvalue weighted by atomic mass is 35.5. The number of halogens is 1. The summed E-state index contributed by atoms with van der Waals surface area (Å²) >= 11 is 7.84. The predicted octanol–water partition coefficient (Wildman–Crippen LogP) is 3.43. The van der Waals surface area contributed by atoms with Crippen molar-refractivity contribution >= 4 is 34.3 Å². The lowest BCUT2D eigenvalue weighted by Gasteiger charge is -2.30. The summed E-state index contributed by atoms with van der Waals surface area (Å²) in [6, 6.07) is 1.89. The average Bonchev–Trinajstić information content (AvgIpc) is 2.87. The van der Waals surface area contributed by atoms with Crippen molar-refractivity contribution in [2.45, 2.75) is 39.2 Å². The molecule has 0 saturated heterocycles. The van der Waals surface area contributed by atoms with Gasteiger partial charge in [-0.15, -0.1) is 0 Å². The van der Waals surface area contributed by atoms with E-state index in [1.54, 1.807) is 20.0 Å². The summed E-state index contributed by atoms with van der Waals surface area (Å²) in [5.74, 6) is 1.76. The number of pyridine rings is 1. The molecule has 0 saturated carbocycles. The molecule has 0 unspecified atom stereocenters. The van der Waals surface area contributed by atoms with E-state index in [1.807, 2.05) is 13.0 Å². The van der Waals surface area contributed by atoms with Gasteiger partial charge in [0.25, 0.3) is 0 Å². The molecular weight excluding hydrogens is 360 g/mol. The van der Waals surface area contributed by atoms with Gasteiger partial charge in [-0.25, -0.2) is 9.97 Å². The first-order valence-corrected chi connectivity index (χ1v) is 9.25. The quantitative estimate of drug-likeness (QED) is 0.646. The number of carbonyl (C=O) groups is 1. The normalized spacial score (nSPS) is 20.4. The maximum Gasteiger partial charge on any atom is 0.191 e. The van der Waals surface area contributed by atoms with Gasteiger partial charge in [0.2, 0.25) is 0 Å². The number of nitrogens with zero attached hydrogens (tertiary/aromatic N) is 3. The van der Waals surface area contributed by atoms with E-state index < -0.39 is 5.54 Å². The van der Waals surface area contributed by atoms with Gasteiger partial charge in [-0.2, -0.15) is 0 Å². The smallest absolute Gasteiger partial charge is 0.191 e. The highest BCUT2D eigenvalue weighted by molar-refractivity contribution is 8.13. The molecule has 0 bridgehead atoms. The number of Topliss-reactive ketones (excluding diaryl/α,β-unsaturated/α-hetero) is 1. The first-order valence-electron chi connectivity index (χ1n) is 7.89. The summed E-state index contributed by atoms with van der Waals surface area (Å²) in [5.41, 5.74) is 7.27. The van der Waals surface area contributed by atoms with Gasteiger partial charge in [-0.1, -0.05) is 23.4 Å². The van der Waals surface area contributed by atoms with Crippen LogP contribution in [-0.4, -0.2) is 26.7 Å². The van der Waals surface area contributed by atoms with Crippen LogP contribution in [0, 0.1) is 13.8 Å². The summed E-state index contributed by atoms with van der Waals surface area (Å²) in [5, 5.41) is 0.926. The molecule has 3 rings (SSSR count). The Kier molecular flexibility index (Phi) is 4.88. The summed E-state index contributed by atoms with van der Waals surface area (Å²) < 4.78 is 5.34. The number of ketones is 1. The number of oxazole rings is 1. The number of hydrogen-bond donors (Lipinski definition) is 1. The zero-order chi connectivity index (χ0) is 18.2. The Hall–Kier alpha value is -1.86. The van der Waals surface area contributed by atoms with Crippen LogP contribution < -0.4 is 5.73 Å². The lowest BCUT2D eigenvalue weighted by atomic mass is 9.89. The van der Waals surface area contributed by atoms with Crippen LogP contribution in [0.2, 0.25) is 5.15 Å². The Bertz CT molecular complexity index is 864. The van der Waals surface area contributed by atoms with E-state index in [0.29, 0.717) is 27.7 Å². The monoisotopic (exact) mass is 378 g/mol. The summed E-state index contributed by atoms with van der Waals surface area (Å²) in [4.78, 5) is 25.5. The third-order valence-corrected chi connectivity index (χ3v) is 5.30. The van der Waals surface area contributed by atoms with Crippen LogP contribution in [-0.2, 0) is 12.0 Å². The Morgan fingerprint density at radius 2 is 2.24 bits per heavy atom. The van der Waals surface area contributed by atoms with Crippen molar-refractivity contribution in [2.24, 2.45) is 10.7 Å². The fraction of sp³-hybridized carbons (Fsp3) is 0.412. The fourth-order valence-corrected chi connectivity index (χ4v) is 4.18. The summed E-state index contributed by atoms with van der Waals surface area (Å²) in [6.07, 6.45) is 2.59. The molecule has 0 amide bonds. The minimum absolute atomic E-state index is 0.114.